The van der Waals surface area contributed by atoms with Crippen molar-refractivity contribution < 1.29 is 0 Å². The third kappa shape index (κ3) is 2.00. The molecule has 0 aliphatic heterocycles. The number of para-hydroxylation sites is 2. The largest absolute Gasteiger partial charge is 0.397 e. The topological polar surface area (TPSA) is 38.0 Å². The van der Waals surface area contributed by atoms with E-state index < -0.39 is 0 Å². The molecule has 0 saturated heterocycles. The van der Waals surface area contributed by atoms with Gasteiger partial charge >= 0.3 is 0 Å². The molecule has 11 heavy (non-hydrogen) atoms. The highest BCUT2D eigenvalue weighted by atomic mass is 14.9. The van der Waals surface area contributed by atoms with E-state index in [-0.39, 0.29) is 0 Å². The van der Waals surface area contributed by atoms with E-state index in [0.29, 0.717) is 0 Å². The molecule has 0 saturated carbocycles. The molecule has 1 aromatic rings. The Labute approximate surface area is 66.7 Å². The molecule has 0 heterocycles. The van der Waals surface area contributed by atoms with Crippen molar-refractivity contribution in [1.29, 1.82) is 0 Å². The standard InChI is InChI=1S/C9H12N2/c1-7(2)11-9-6-4-3-5-8(9)10/h3-6,11H,1,10H2,2H3. The van der Waals surface area contributed by atoms with E-state index >= 15 is 0 Å². The first-order valence-corrected chi connectivity index (χ1v) is 3.47. The van der Waals surface area contributed by atoms with Crippen LogP contribution in [0.3, 0.4) is 0 Å². The highest BCUT2D eigenvalue weighted by molar-refractivity contribution is 5.67. The molecule has 0 aliphatic rings. The number of hydrogen-bond donors (Lipinski definition) is 2. The Morgan fingerprint density at radius 2 is 2.09 bits per heavy atom. The highest BCUT2D eigenvalue weighted by Crippen LogP contribution is 2.17. The Hall–Kier alpha value is -1.44. The van der Waals surface area contributed by atoms with Gasteiger partial charge in [-0.3, -0.25) is 0 Å². The number of nitrogens with one attached hydrogen (secondary N) is 1. The zero-order valence-electron chi connectivity index (χ0n) is 6.59. The quantitative estimate of drug-likeness (QED) is 0.631. The molecule has 0 unspecified atom stereocenters. The molecule has 0 aromatic heterocycles. The second kappa shape index (κ2) is 3.10. The summed E-state index contributed by atoms with van der Waals surface area (Å²) >= 11 is 0. The molecule has 0 bridgehead atoms. The Morgan fingerprint density at radius 3 is 2.64 bits per heavy atom. The van der Waals surface area contributed by atoms with Crippen LogP contribution in [-0.2, 0) is 0 Å². The fourth-order valence-corrected chi connectivity index (χ4v) is 0.841. The molecule has 2 nitrogen and oxygen atoms in total. The van der Waals surface area contributed by atoms with Crippen molar-refractivity contribution in [2.75, 3.05) is 11.1 Å². The Balaban J connectivity index is 2.86. The van der Waals surface area contributed by atoms with Crippen molar-refractivity contribution in [3.63, 3.8) is 0 Å². The first kappa shape index (κ1) is 7.66. The predicted molar refractivity (Wildman–Crippen MR) is 49.3 cm³/mol. The first-order valence-electron chi connectivity index (χ1n) is 3.47. The van der Waals surface area contributed by atoms with Gasteiger partial charge in [-0.05, 0) is 19.1 Å². The monoisotopic (exact) mass is 148 g/mol. The minimum atomic E-state index is 0.746. The maximum Gasteiger partial charge on any atom is 0.0615 e. The summed E-state index contributed by atoms with van der Waals surface area (Å²) < 4.78 is 0. The lowest BCUT2D eigenvalue weighted by molar-refractivity contribution is 1.40. The van der Waals surface area contributed by atoms with Crippen molar-refractivity contribution in [2.45, 2.75) is 6.92 Å². The summed E-state index contributed by atoms with van der Waals surface area (Å²) in [4.78, 5) is 0. The molecule has 0 spiro atoms. The van der Waals surface area contributed by atoms with Crippen LogP contribution in [0, 0.1) is 0 Å². The van der Waals surface area contributed by atoms with Crippen molar-refractivity contribution in [3.05, 3.63) is 36.5 Å². The lowest BCUT2D eigenvalue weighted by Crippen LogP contribution is -1.97. The van der Waals surface area contributed by atoms with Crippen LogP contribution in [0.1, 0.15) is 6.92 Å². The van der Waals surface area contributed by atoms with Crippen molar-refractivity contribution in [1.82, 2.24) is 0 Å². The molecular formula is C9H12N2. The van der Waals surface area contributed by atoms with E-state index in [9.17, 15) is 0 Å². The van der Waals surface area contributed by atoms with Crippen molar-refractivity contribution >= 4 is 11.4 Å². The zero-order chi connectivity index (χ0) is 8.27. The van der Waals surface area contributed by atoms with Crippen LogP contribution in [-0.4, -0.2) is 0 Å². The summed E-state index contributed by atoms with van der Waals surface area (Å²) in [7, 11) is 0. The number of nitrogen functional groups attached to an aromatic ring is 1. The van der Waals surface area contributed by atoms with E-state index in [1.807, 2.05) is 31.2 Å². The van der Waals surface area contributed by atoms with Gasteiger partial charge in [-0.15, -0.1) is 0 Å². The van der Waals surface area contributed by atoms with Crippen molar-refractivity contribution in [2.24, 2.45) is 0 Å². The maximum atomic E-state index is 5.67. The molecule has 1 aromatic carbocycles. The SMILES string of the molecule is C=C(C)Nc1ccccc1N. The number of hydrogen-bond acceptors (Lipinski definition) is 2. The van der Waals surface area contributed by atoms with Gasteiger partial charge in [0.25, 0.3) is 0 Å². The molecule has 58 valence electrons. The smallest absolute Gasteiger partial charge is 0.0615 e. The summed E-state index contributed by atoms with van der Waals surface area (Å²) in [5.41, 5.74) is 8.22. The second-order valence-corrected chi connectivity index (χ2v) is 2.49. The van der Waals surface area contributed by atoms with Gasteiger partial charge in [0.05, 0.1) is 11.4 Å². The van der Waals surface area contributed by atoms with Gasteiger partial charge in [-0.25, -0.2) is 0 Å². The number of allylic oxidation sites excluding steroid dienone is 1. The van der Waals surface area contributed by atoms with Gasteiger partial charge in [0.15, 0.2) is 0 Å². The molecule has 0 atom stereocenters. The van der Waals surface area contributed by atoms with Crippen LogP contribution in [0.4, 0.5) is 11.4 Å². The molecule has 3 N–H and O–H groups in total. The van der Waals surface area contributed by atoms with Gasteiger partial charge in [0, 0.05) is 5.70 Å². The van der Waals surface area contributed by atoms with E-state index in [1.54, 1.807) is 0 Å². The van der Waals surface area contributed by atoms with E-state index in [1.165, 1.54) is 0 Å². The third-order valence-electron chi connectivity index (χ3n) is 1.31. The van der Waals surface area contributed by atoms with Gasteiger partial charge < -0.3 is 11.1 Å². The minimum absolute atomic E-state index is 0.746. The van der Waals surface area contributed by atoms with Crippen molar-refractivity contribution in [3.8, 4) is 0 Å². The first-order chi connectivity index (χ1) is 5.20. The number of anilines is 2. The van der Waals surface area contributed by atoms with E-state index in [4.69, 9.17) is 5.73 Å². The summed E-state index contributed by atoms with van der Waals surface area (Å²) in [5, 5.41) is 3.05. The summed E-state index contributed by atoms with van der Waals surface area (Å²) in [6, 6.07) is 7.61. The van der Waals surface area contributed by atoms with Crippen LogP contribution in [0.15, 0.2) is 36.5 Å². The zero-order valence-corrected chi connectivity index (χ0v) is 6.59. The predicted octanol–water partition coefficient (Wildman–Crippen LogP) is 2.21. The van der Waals surface area contributed by atoms with Gasteiger partial charge in [-0.1, -0.05) is 18.7 Å². The van der Waals surface area contributed by atoms with Crippen LogP contribution in [0.2, 0.25) is 0 Å². The Kier molecular flexibility index (Phi) is 2.16. The summed E-state index contributed by atoms with van der Waals surface area (Å²) in [6.45, 7) is 5.62. The summed E-state index contributed by atoms with van der Waals surface area (Å²) in [6.07, 6.45) is 0. The van der Waals surface area contributed by atoms with E-state index in [2.05, 4.69) is 11.9 Å². The van der Waals surface area contributed by atoms with Gasteiger partial charge in [0.2, 0.25) is 0 Å². The minimum Gasteiger partial charge on any atom is -0.397 e. The number of nitrogens with two attached hydrogens (primary N) is 1. The molecule has 2 heteroatoms. The second-order valence-electron chi connectivity index (χ2n) is 2.49. The Bertz CT molecular complexity index is 266. The molecule has 1 rings (SSSR count). The van der Waals surface area contributed by atoms with Crippen LogP contribution >= 0.6 is 0 Å². The fourth-order valence-electron chi connectivity index (χ4n) is 0.841. The third-order valence-corrected chi connectivity index (χ3v) is 1.31. The molecule has 0 radical (unpaired) electrons. The average Bonchev–Trinajstić information content (AvgIpc) is 1.93. The fraction of sp³-hybridized carbons (Fsp3) is 0.111. The van der Waals surface area contributed by atoms with Gasteiger partial charge in [-0.2, -0.15) is 0 Å². The highest BCUT2D eigenvalue weighted by Gasteiger charge is 1.93. The summed E-state index contributed by atoms with van der Waals surface area (Å²) in [5.74, 6) is 0. The lowest BCUT2D eigenvalue weighted by Gasteiger charge is -2.06. The number of rotatable bonds is 2. The average molecular weight is 148 g/mol. The molecule has 0 aliphatic carbocycles. The lowest BCUT2D eigenvalue weighted by atomic mass is 10.2. The number of benzene rings is 1. The van der Waals surface area contributed by atoms with Crippen LogP contribution in [0.25, 0.3) is 0 Å². The molecule has 0 fully saturated rings. The Morgan fingerprint density at radius 1 is 1.45 bits per heavy atom. The maximum absolute atomic E-state index is 5.67. The van der Waals surface area contributed by atoms with E-state index in [0.717, 1.165) is 17.1 Å². The van der Waals surface area contributed by atoms with Crippen LogP contribution < -0.4 is 11.1 Å². The molecule has 0 amide bonds. The van der Waals surface area contributed by atoms with Gasteiger partial charge in [0.1, 0.15) is 0 Å². The van der Waals surface area contributed by atoms with Crippen LogP contribution in [0.5, 0.6) is 0 Å². The molecular weight excluding hydrogens is 136 g/mol. The normalized spacial score (nSPS) is 9.18.